The van der Waals surface area contributed by atoms with Crippen molar-refractivity contribution in [1.82, 2.24) is 4.90 Å². The minimum atomic E-state index is -0.624. The van der Waals surface area contributed by atoms with Gasteiger partial charge in [0, 0.05) is 32.2 Å². The predicted molar refractivity (Wildman–Crippen MR) is 102 cm³/mol. The van der Waals surface area contributed by atoms with E-state index in [4.69, 9.17) is 10.5 Å². The van der Waals surface area contributed by atoms with Gasteiger partial charge in [-0.2, -0.15) is 0 Å². The molecule has 1 fully saturated rings. The number of nitro groups is 1. The number of hydrogen-bond acceptors (Lipinski definition) is 6. The maximum atomic E-state index is 12.4. The molecule has 0 spiro atoms. The van der Waals surface area contributed by atoms with Crippen LogP contribution in [0.15, 0.2) is 48.5 Å². The second-order valence-corrected chi connectivity index (χ2v) is 6.26. The van der Waals surface area contributed by atoms with Gasteiger partial charge < -0.3 is 20.3 Å². The quantitative estimate of drug-likeness (QED) is 0.594. The summed E-state index contributed by atoms with van der Waals surface area (Å²) in [6, 6.07) is 13.0. The Balaban J connectivity index is 1.58. The number of ether oxygens (including phenoxy) is 1. The minimum absolute atomic E-state index is 0.0497. The fraction of sp³-hybridized carbons (Fsp3) is 0.263. The molecule has 0 atom stereocenters. The van der Waals surface area contributed by atoms with Crippen molar-refractivity contribution in [2.24, 2.45) is 5.73 Å². The Labute approximate surface area is 161 Å². The standard InChI is InChI=1S/C19H20N4O5/c20-19(25)14-5-1-4-8-17(14)28-13-18(24)22-11-9-21(10-12-22)15-6-2-3-7-16(15)23(26)27/h1-8H,9-13H2,(H2,20,25). The monoisotopic (exact) mass is 384 g/mol. The normalized spacial score (nSPS) is 13.9. The smallest absolute Gasteiger partial charge is 0.292 e. The molecule has 146 valence electrons. The predicted octanol–water partition coefficient (Wildman–Crippen LogP) is 1.42. The molecule has 3 rings (SSSR count). The largest absolute Gasteiger partial charge is 0.483 e. The van der Waals surface area contributed by atoms with Gasteiger partial charge in [0.25, 0.3) is 17.5 Å². The maximum absolute atomic E-state index is 12.4. The van der Waals surface area contributed by atoms with Crippen LogP contribution in [-0.2, 0) is 4.79 Å². The van der Waals surface area contributed by atoms with Crippen LogP contribution in [0.25, 0.3) is 0 Å². The summed E-state index contributed by atoms with van der Waals surface area (Å²) in [4.78, 5) is 38.2. The van der Waals surface area contributed by atoms with Crippen LogP contribution in [0.4, 0.5) is 11.4 Å². The van der Waals surface area contributed by atoms with E-state index in [0.29, 0.717) is 31.9 Å². The van der Waals surface area contributed by atoms with Gasteiger partial charge in [-0.15, -0.1) is 0 Å². The molecule has 0 saturated carbocycles. The van der Waals surface area contributed by atoms with Gasteiger partial charge in [0.1, 0.15) is 11.4 Å². The lowest BCUT2D eigenvalue weighted by molar-refractivity contribution is -0.384. The third-order valence-corrected chi connectivity index (χ3v) is 4.56. The van der Waals surface area contributed by atoms with Crippen LogP contribution in [0, 0.1) is 10.1 Å². The van der Waals surface area contributed by atoms with E-state index in [9.17, 15) is 19.7 Å². The highest BCUT2D eigenvalue weighted by Gasteiger charge is 2.25. The molecular formula is C19H20N4O5. The van der Waals surface area contributed by atoms with Crippen molar-refractivity contribution in [2.45, 2.75) is 0 Å². The second kappa shape index (κ2) is 8.38. The highest BCUT2D eigenvalue weighted by Crippen LogP contribution is 2.28. The first-order valence-corrected chi connectivity index (χ1v) is 8.75. The molecule has 9 nitrogen and oxygen atoms in total. The summed E-state index contributed by atoms with van der Waals surface area (Å²) in [5.74, 6) is -0.579. The van der Waals surface area contributed by atoms with Crippen molar-refractivity contribution >= 4 is 23.2 Å². The lowest BCUT2D eigenvalue weighted by Crippen LogP contribution is -2.50. The molecule has 0 aliphatic carbocycles. The topological polar surface area (TPSA) is 119 Å². The second-order valence-electron chi connectivity index (χ2n) is 6.26. The number of rotatable bonds is 6. The number of hydrogen-bond donors (Lipinski definition) is 1. The molecule has 0 aromatic heterocycles. The van der Waals surface area contributed by atoms with Gasteiger partial charge >= 0.3 is 0 Å². The van der Waals surface area contributed by atoms with Gasteiger partial charge in [-0.1, -0.05) is 24.3 Å². The number of benzene rings is 2. The average molecular weight is 384 g/mol. The number of primary amides is 1. The fourth-order valence-electron chi connectivity index (χ4n) is 3.11. The summed E-state index contributed by atoms with van der Waals surface area (Å²) in [6.45, 7) is 1.59. The number of piperazine rings is 1. The Morgan fingerprint density at radius 1 is 1.04 bits per heavy atom. The van der Waals surface area contributed by atoms with Gasteiger partial charge in [-0.05, 0) is 18.2 Å². The molecule has 2 aromatic rings. The zero-order chi connectivity index (χ0) is 20.1. The van der Waals surface area contributed by atoms with Gasteiger partial charge in [-0.3, -0.25) is 19.7 Å². The van der Waals surface area contributed by atoms with Gasteiger partial charge in [-0.25, -0.2) is 0 Å². The number of amides is 2. The van der Waals surface area contributed by atoms with E-state index in [1.54, 1.807) is 41.3 Å². The molecule has 2 amide bonds. The van der Waals surface area contributed by atoms with E-state index in [0.717, 1.165) is 0 Å². The molecule has 2 N–H and O–H groups in total. The van der Waals surface area contributed by atoms with Crippen LogP contribution in [0.1, 0.15) is 10.4 Å². The SMILES string of the molecule is NC(=O)c1ccccc1OCC(=O)N1CCN(c2ccccc2[N+](=O)[O-])CC1. The minimum Gasteiger partial charge on any atom is -0.483 e. The lowest BCUT2D eigenvalue weighted by Gasteiger charge is -2.35. The average Bonchev–Trinajstić information content (AvgIpc) is 2.72. The Morgan fingerprint density at radius 3 is 2.36 bits per heavy atom. The van der Waals surface area contributed by atoms with Crippen LogP contribution in [0.5, 0.6) is 5.75 Å². The number of carbonyl (C=O) groups excluding carboxylic acids is 2. The van der Waals surface area contributed by atoms with Crippen molar-refractivity contribution in [1.29, 1.82) is 0 Å². The molecule has 28 heavy (non-hydrogen) atoms. The molecule has 0 radical (unpaired) electrons. The van der Waals surface area contributed by atoms with Gasteiger partial charge in [0.15, 0.2) is 6.61 Å². The van der Waals surface area contributed by atoms with Crippen LogP contribution >= 0.6 is 0 Å². The van der Waals surface area contributed by atoms with E-state index in [1.807, 2.05) is 4.90 Å². The summed E-state index contributed by atoms with van der Waals surface area (Å²) in [5, 5.41) is 11.2. The Bertz CT molecular complexity index is 893. The third kappa shape index (κ3) is 4.20. The van der Waals surface area contributed by atoms with E-state index >= 15 is 0 Å². The molecule has 0 bridgehead atoms. The fourth-order valence-corrected chi connectivity index (χ4v) is 3.11. The number of para-hydroxylation sites is 3. The molecule has 1 aliphatic rings. The summed E-state index contributed by atoms with van der Waals surface area (Å²) in [5.41, 5.74) is 6.12. The highest BCUT2D eigenvalue weighted by molar-refractivity contribution is 5.95. The van der Waals surface area contributed by atoms with Crippen molar-refractivity contribution < 1.29 is 19.2 Å². The van der Waals surface area contributed by atoms with Crippen molar-refractivity contribution in [2.75, 3.05) is 37.7 Å². The summed E-state index contributed by atoms with van der Waals surface area (Å²) >= 11 is 0. The Hall–Kier alpha value is -3.62. The van der Waals surface area contributed by atoms with E-state index in [1.165, 1.54) is 12.1 Å². The van der Waals surface area contributed by atoms with E-state index in [2.05, 4.69) is 0 Å². The third-order valence-electron chi connectivity index (χ3n) is 4.56. The number of nitrogens with two attached hydrogens (primary N) is 1. The molecule has 1 saturated heterocycles. The summed E-state index contributed by atoms with van der Waals surface area (Å²) in [7, 11) is 0. The molecule has 2 aromatic carbocycles. The number of anilines is 1. The zero-order valence-corrected chi connectivity index (χ0v) is 15.1. The lowest BCUT2D eigenvalue weighted by atomic mass is 10.2. The van der Waals surface area contributed by atoms with Gasteiger partial charge in [0.05, 0.1) is 10.5 Å². The summed E-state index contributed by atoms with van der Waals surface area (Å²) in [6.07, 6.45) is 0. The van der Waals surface area contributed by atoms with E-state index < -0.39 is 10.8 Å². The molecule has 1 aliphatic heterocycles. The first-order chi connectivity index (χ1) is 13.5. The molecular weight excluding hydrogens is 364 g/mol. The Kier molecular flexibility index (Phi) is 5.73. The number of carbonyl (C=O) groups is 2. The van der Waals surface area contributed by atoms with Crippen LogP contribution in [0.2, 0.25) is 0 Å². The highest BCUT2D eigenvalue weighted by atomic mass is 16.6. The Morgan fingerprint density at radius 2 is 1.68 bits per heavy atom. The first-order valence-electron chi connectivity index (χ1n) is 8.75. The van der Waals surface area contributed by atoms with Gasteiger partial charge in [0.2, 0.25) is 0 Å². The molecule has 9 heteroatoms. The zero-order valence-electron chi connectivity index (χ0n) is 15.1. The molecule has 0 unspecified atom stereocenters. The number of nitro benzene ring substituents is 1. The number of nitrogens with zero attached hydrogens (tertiary/aromatic N) is 3. The van der Waals surface area contributed by atoms with Crippen molar-refractivity contribution in [3.05, 3.63) is 64.2 Å². The first kappa shape index (κ1) is 19.2. The van der Waals surface area contributed by atoms with Crippen molar-refractivity contribution in [3.63, 3.8) is 0 Å². The van der Waals surface area contributed by atoms with Crippen LogP contribution < -0.4 is 15.4 Å². The maximum Gasteiger partial charge on any atom is 0.292 e. The van der Waals surface area contributed by atoms with Crippen molar-refractivity contribution in [3.8, 4) is 5.75 Å². The molecule has 1 heterocycles. The van der Waals surface area contributed by atoms with Crippen LogP contribution in [-0.4, -0.2) is 54.4 Å². The summed E-state index contributed by atoms with van der Waals surface area (Å²) < 4.78 is 5.48. The van der Waals surface area contributed by atoms with E-state index in [-0.39, 0.29) is 29.5 Å². The van der Waals surface area contributed by atoms with Crippen LogP contribution in [0.3, 0.4) is 0 Å².